The van der Waals surface area contributed by atoms with Crippen molar-refractivity contribution >= 4 is 49.0 Å². The van der Waals surface area contributed by atoms with E-state index in [1.54, 1.807) is 0 Å². The van der Waals surface area contributed by atoms with E-state index < -0.39 is 56.7 Å². The monoisotopic (exact) mass is 593 g/mol. The Morgan fingerprint density at radius 2 is 2.00 bits per heavy atom. The number of benzene rings is 2. The topological polar surface area (TPSA) is 189 Å². The van der Waals surface area contributed by atoms with Crippen LogP contribution in [-0.4, -0.2) is 63.1 Å². The van der Waals surface area contributed by atoms with Gasteiger partial charge in [0.25, 0.3) is 0 Å². The zero-order valence-electron chi connectivity index (χ0n) is 21.1. The molecule has 0 bridgehead atoms. The number of amides is 2. The van der Waals surface area contributed by atoms with Gasteiger partial charge >= 0.3 is 0 Å². The second kappa shape index (κ2) is 12.1. The number of rotatable bonds is 11. The number of thiazole rings is 1. The molecule has 1 atom stereocenters. The number of nitrogens with zero attached hydrogens (tertiary/aromatic N) is 3. The Labute approximate surface area is 231 Å². The van der Waals surface area contributed by atoms with Gasteiger partial charge < -0.3 is 21.2 Å². The number of ether oxygens (including phenoxy) is 1. The lowest BCUT2D eigenvalue weighted by atomic mass is 10.0. The molecule has 1 aliphatic carbocycles. The molecule has 1 aliphatic rings. The molecule has 212 valence electrons. The average molecular weight is 594 g/mol. The molecular weight excluding hydrogens is 568 g/mol. The summed E-state index contributed by atoms with van der Waals surface area (Å²) in [6.45, 7) is -0.593. The van der Waals surface area contributed by atoms with Crippen molar-refractivity contribution in [3.8, 4) is 11.1 Å². The van der Waals surface area contributed by atoms with Gasteiger partial charge in [0.15, 0.2) is 20.9 Å². The van der Waals surface area contributed by atoms with Gasteiger partial charge in [-0.15, -0.1) is 16.5 Å². The van der Waals surface area contributed by atoms with Crippen LogP contribution in [-0.2, 0) is 24.2 Å². The summed E-state index contributed by atoms with van der Waals surface area (Å²) in [4.78, 5) is 29.3. The van der Waals surface area contributed by atoms with E-state index in [9.17, 15) is 22.4 Å². The van der Waals surface area contributed by atoms with Crippen LogP contribution in [0.15, 0.2) is 40.7 Å². The normalized spacial score (nSPS) is 14.4. The van der Waals surface area contributed by atoms with E-state index in [1.165, 1.54) is 25.3 Å². The highest BCUT2D eigenvalue weighted by molar-refractivity contribution is 7.92. The third-order valence-electron chi connectivity index (χ3n) is 5.95. The predicted octanol–water partition coefficient (Wildman–Crippen LogP) is 2.39. The Kier molecular flexibility index (Phi) is 8.80. The summed E-state index contributed by atoms with van der Waals surface area (Å²) in [6, 6.07) is 6.11. The molecule has 4 rings (SSSR count). The van der Waals surface area contributed by atoms with Crippen LogP contribution in [0.1, 0.15) is 28.7 Å². The second-order valence-corrected chi connectivity index (χ2v) is 12.2. The molecule has 1 unspecified atom stereocenters. The molecular formula is C24H25F2N7O5S2. The van der Waals surface area contributed by atoms with Crippen molar-refractivity contribution in [2.45, 2.75) is 24.1 Å². The van der Waals surface area contributed by atoms with Crippen LogP contribution in [0.5, 0.6) is 0 Å². The van der Waals surface area contributed by atoms with Crippen molar-refractivity contribution in [1.29, 1.82) is 5.41 Å². The van der Waals surface area contributed by atoms with Gasteiger partial charge in [-0.05, 0) is 36.6 Å². The van der Waals surface area contributed by atoms with Crippen LogP contribution in [0.4, 0.5) is 8.78 Å². The van der Waals surface area contributed by atoms with Crippen LogP contribution in [0.25, 0.3) is 21.3 Å². The molecule has 1 fully saturated rings. The van der Waals surface area contributed by atoms with Crippen LogP contribution < -0.4 is 16.5 Å². The molecule has 1 aromatic heterocycles. The maximum Gasteiger partial charge on any atom is 0.245 e. The molecule has 12 nitrogen and oxygen atoms in total. The third-order valence-corrected chi connectivity index (χ3v) is 9.07. The summed E-state index contributed by atoms with van der Waals surface area (Å²) in [5.74, 6) is 0.883. The fourth-order valence-corrected chi connectivity index (χ4v) is 6.76. The molecule has 3 aromatic rings. The highest BCUT2D eigenvalue weighted by Crippen LogP contribution is 2.36. The minimum atomic E-state index is -4.15. The molecule has 0 saturated heterocycles. The number of carbonyl (C=O) groups excluding carboxylic acids is 2. The number of hydrogen-bond donors (Lipinski definition) is 4. The first-order chi connectivity index (χ1) is 19.0. The molecule has 0 aliphatic heterocycles. The van der Waals surface area contributed by atoms with Crippen molar-refractivity contribution in [3.63, 3.8) is 0 Å². The lowest BCUT2D eigenvalue weighted by Crippen LogP contribution is -2.41. The predicted molar refractivity (Wildman–Crippen MR) is 143 cm³/mol. The van der Waals surface area contributed by atoms with Crippen LogP contribution in [0.3, 0.4) is 0 Å². The summed E-state index contributed by atoms with van der Waals surface area (Å²) < 4.78 is 61.2. The van der Waals surface area contributed by atoms with Crippen molar-refractivity contribution in [2.24, 2.45) is 16.2 Å². The molecule has 0 spiro atoms. The summed E-state index contributed by atoms with van der Waals surface area (Å²) in [7, 11) is -2.83. The fourth-order valence-electron chi connectivity index (χ4n) is 3.80. The standard InChI is InChI=1S/C24H25F2N7O5S2/c1-38-6-7-40(36,37)21(23(35)29-11-20(34)30-13-3-4-13)24-31-18-10-17(26)15(9-19(18)39-24)12-2-5-14(16(25)8-12)22(27)32-33-28/h2,5,8-10,13,21H,3-4,6-7,11H2,1H3,(H,29,35)(H,30,34)(H3,27,28,32). The van der Waals surface area contributed by atoms with Crippen LogP contribution in [0, 0.1) is 17.0 Å². The van der Waals surface area contributed by atoms with Gasteiger partial charge in [-0.3, -0.25) is 15.0 Å². The summed E-state index contributed by atoms with van der Waals surface area (Å²) >= 11 is 0.857. The number of nitrogens with two attached hydrogens (primary N) is 1. The average Bonchev–Trinajstić information content (AvgIpc) is 3.62. The van der Waals surface area contributed by atoms with Gasteiger partial charge in [-0.25, -0.2) is 22.2 Å². The Morgan fingerprint density at radius 3 is 2.65 bits per heavy atom. The van der Waals surface area contributed by atoms with Gasteiger partial charge in [-0.2, -0.15) is 0 Å². The van der Waals surface area contributed by atoms with E-state index >= 15 is 4.39 Å². The zero-order valence-corrected chi connectivity index (χ0v) is 22.7. The molecule has 5 N–H and O–H groups in total. The van der Waals surface area contributed by atoms with E-state index in [0.29, 0.717) is 4.70 Å². The number of fused-ring (bicyclic) bond motifs is 1. The first-order valence-corrected chi connectivity index (χ1v) is 14.4. The highest BCUT2D eigenvalue weighted by Gasteiger charge is 2.37. The van der Waals surface area contributed by atoms with Gasteiger partial charge in [0.1, 0.15) is 16.6 Å². The molecule has 16 heteroatoms. The number of sulfone groups is 1. The number of methoxy groups -OCH3 is 1. The lowest BCUT2D eigenvalue weighted by Gasteiger charge is -2.15. The summed E-state index contributed by atoms with van der Waals surface area (Å²) in [5.41, 5.74) is 0.0204. The number of carbonyl (C=O) groups is 2. The highest BCUT2D eigenvalue weighted by atomic mass is 32.2. The summed E-state index contributed by atoms with van der Waals surface area (Å²) in [5, 5.41) is 17.1. The number of aromatic nitrogens is 1. The Bertz CT molecular complexity index is 1610. The van der Waals surface area contributed by atoms with E-state index in [-0.39, 0.29) is 39.9 Å². The number of amidine groups is 1. The van der Waals surface area contributed by atoms with Crippen LogP contribution in [0.2, 0.25) is 0 Å². The van der Waals surface area contributed by atoms with Crippen molar-refractivity contribution in [2.75, 3.05) is 26.0 Å². The molecule has 2 aromatic carbocycles. The van der Waals surface area contributed by atoms with E-state index in [1.807, 2.05) is 0 Å². The van der Waals surface area contributed by atoms with E-state index in [4.69, 9.17) is 16.0 Å². The van der Waals surface area contributed by atoms with E-state index in [2.05, 4.69) is 26.0 Å². The number of hydrogen-bond acceptors (Lipinski definition) is 9. The first-order valence-electron chi connectivity index (χ1n) is 11.9. The Balaban J connectivity index is 1.67. The maximum atomic E-state index is 15.1. The van der Waals surface area contributed by atoms with Gasteiger partial charge in [0.2, 0.25) is 11.8 Å². The molecule has 1 heterocycles. The quantitative estimate of drug-likeness (QED) is 0.0863. The molecule has 0 radical (unpaired) electrons. The zero-order chi connectivity index (χ0) is 29.0. The largest absolute Gasteiger partial charge is 0.384 e. The molecule has 40 heavy (non-hydrogen) atoms. The van der Waals surface area contributed by atoms with Crippen molar-refractivity contribution < 1.29 is 31.5 Å². The number of nitrogens with one attached hydrogen (secondary N) is 3. The number of halogens is 2. The molecule has 1 saturated carbocycles. The maximum absolute atomic E-state index is 15.1. The van der Waals surface area contributed by atoms with E-state index in [0.717, 1.165) is 36.3 Å². The van der Waals surface area contributed by atoms with Gasteiger partial charge in [0, 0.05) is 24.8 Å². The minimum absolute atomic E-state index is 0.0138. The first kappa shape index (κ1) is 29.1. The van der Waals surface area contributed by atoms with Crippen molar-refractivity contribution in [3.05, 3.63) is 52.5 Å². The SMILES string of the molecule is COCCS(=O)(=O)C(C(=O)NCC(=O)NC1CC1)c1nc2cc(F)c(-c3ccc(C(=N)N=NN)c(F)c3)cc2s1. The smallest absolute Gasteiger partial charge is 0.245 e. The van der Waals surface area contributed by atoms with Gasteiger partial charge in [0.05, 0.1) is 34.7 Å². The Hall–Kier alpha value is -3.89. The second-order valence-electron chi connectivity index (χ2n) is 8.91. The summed E-state index contributed by atoms with van der Waals surface area (Å²) in [6.07, 6.45) is 1.69. The lowest BCUT2D eigenvalue weighted by molar-refractivity contribution is -0.126. The third kappa shape index (κ3) is 6.63. The van der Waals surface area contributed by atoms with Crippen LogP contribution >= 0.6 is 11.3 Å². The van der Waals surface area contributed by atoms with Crippen molar-refractivity contribution in [1.82, 2.24) is 15.6 Å². The Morgan fingerprint density at radius 1 is 1.25 bits per heavy atom. The molecule has 2 amide bonds. The van der Waals surface area contributed by atoms with Gasteiger partial charge in [-0.1, -0.05) is 11.3 Å². The minimum Gasteiger partial charge on any atom is -0.384 e. The fraction of sp³-hybridized carbons (Fsp3) is 0.333.